The van der Waals surface area contributed by atoms with Crippen LogP contribution < -0.4 is 0 Å². The predicted molar refractivity (Wildman–Crippen MR) is 101 cm³/mol. The predicted octanol–water partition coefficient (Wildman–Crippen LogP) is 5.14. The Bertz CT molecular complexity index is 843. The number of hydrogen-bond donors (Lipinski definition) is 0. The van der Waals surface area contributed by atoms with Crippen LogP contribution in [-0.2, 0) is 18.3 Å². The zero-order valence-electron chi connectivity index (χ0n) is 16.0. The molecule has 3 heteroatoms. The van der Waals surface area contributed by atoms with Crippen molar-refractivity contribution >= 4 is 0 Å². The maximum absolute atomic E-state index is 10.1. The molecule has 3 nitrogen and oxygen atoms in total. The Morgan fingerprint density at radius 1 is 1.36 bits per heavy atom. The number of aryl methyl sites for hydroxylation is 2. The first kappa shape index (κ1) is 17.6. The Kier molecular flexibility index (Phi) is 4.64. The summed E-state index contributed by atoms with van der Waals surface area (Å²) < 4.78 is 0. The highest BCUT2D eigenvalue weighted by Crippen LogP contribution is 2.40. The van der Waals surface area contributed by atoms with Crippen molar-refractivity contribution in [2.45, 2.75) is 65.7 Å². The Morgan fingerprint density at radius 3 is 2.76 bits per heavy atom. The van der Waals surface area contributed by atoms with Crippen LogP contribution in [0.1, 0.15) is 68.7 Å². The van der Waals surface area contributed by atoms with Crippen molar-refractivity contribution in [2.75, 3.05) is 0 Å². The van der Waals surface area contributed by atoms with E-state index in [1.807, 2.05) is 19.2 Å². The average molecular weight is 333 g/mol. The summed E-state index contributed by atoms with van der Waals surface area (Å²) >= 11 is 0. The molecular formula is C22H27N3. The fourth-order valence-corrected chi connectivity index (χ4v) is 3.72. The second-order valence-electron chi connectivity index (χ2n) is 8.02. The van der Waals surface area contributed by atoms with Crippen molar-refractivity contribution in [1.29, 1.82) is 5.26 Å². The van der Waals surface area contributed by atoms with Crippen molar-refractivity contribution in [1.82, 2.24) is 9.97 Å². The summed E-state index contributed by atoms with van der Waals surface area (Å²) in [6.07, 6.45) is 5.98. The second-order valence-corrected chi connectivity index (χ2v) is 8.02. The Labute approximate surface area is 151 Å². The topological polar surface area (TPSA) is 49.6 Å². The Hall–Kier alpha value is -2.21. The molecule has 2 aromatic heterocycles. The van der Waals surface area contributed by atoms with E-state index < -0.39 is 0 Å². The van der Waals surface area contributed by atoms with Crippen LogP contribution in [0.4, 0.5) is 0 Å². The maximum atomic E-state index is 10.1. The second kappa shape index (κ2) is 6.59. The number of hydrogen-bond acceptors (Lipinski definition) is 3. The zero-order chi connectivity index (χ0) is 18.2. The number of nitrogens with zero attached hydrogens (tertiary/aromatic N) is 3. The molecule has 0 fully saturated rings. The number of aromatic nitrogens is 2. The fraction of sp³-hybridized carbons (Fsp3) is 0.500. The van der Waals surface area contributed by atoms with Crippen LogP contribution >= 0.6 is 0 Å². The number of rotatable bonds is 3. The van der Waals surface area contributed by atoms with Gasteiger partial charge in [0.25, 0.3) is 0 Å². The van der Waals surface area contributed by atoms with Crippen molar-refractivity contribution in [3.63, 3.8) is 0 Å². The minimum Gasteiger partial charge on any atom is -0.262 e. The van der Waals surface area contributed by atoms with Gasteiger partial charge >= 0.3 is 0 Å². The third kappa shape index (κ3) is 3.18. The molecular weight excluding hydrogens is 306 g/mol. The van der Waals surface area contributed by atoms with Crippen LogP contribution in [0, 0.1) is 24.2 Å². The molecule has 2 heterocycles. The molecule has 0 spiro atoms. The minimum absolute atomic E-state index is 0.111. The first-order chi connectivity index (χ1) is 11.9. The first-order valence-electron chi connectivity index (χ1n) is 9.26. The van der Waals surface area contributed by atoms with Crippen molar-refractivity contribution in [3.05, 3.63) is 46.5 Å². The molecule has 1 atom stereocenters. The van der Waals surface area contributed by atoms with E-state index in [0.29, 0.717) is 5.92 Å². The van der Waals surface area contributed by atoms with Gasteiger partial charge in [-0.1, -0.05) is 27.7 Å². The lowest BCUT2D eigenvalue weighted by Crippen LogP contribution is -2.24. The largest absolute Gasteiger partial charge is 0.262 e. The monoisotopic (exact) mass is 333 g/mol. The fourth-order valence-electron chi connectivity index (χ4n) is 3.72. The van der Waals surface area contributed by atoms with Gasteiger partial charge in [-0.25, -0.2) is 0 Å². The van der Waals surface area contributed by atoms with Gasteiger partial charge in [-0.2, -0.15) is 5.26 Å². The Balaban J connectivity index is 2.37. The molecule has 1 unspecified atom stereocenters. The highest BCUT2D eigenvalue weighted by atomic mass is 14.8. The molecule has 25 heavy (non-hydrogen) atoms. The molecule has 0 radical (unpaired) electrons. The third-order valence-electron chi connectivity index (χ3n) is 5.63. The standard InChI is InChI=1S/C22H27N3/c1-6-22(4,5)21-18(13-23)20(16-9-10-24-15(3)12-16)17-11-14(2)7-8-19(17)25-21/h9-10,12,14H,6-8,11H2,1-5H3. The quantitative estimate of drug-likeness (QED) is 0.782. The van der Waals surface area contributed by atoms with Gasteiger partial charge in [0.05, 0.1) is 11.3 Å². The summed E-state index contributed by atoms with van der Waals surface area (Å²) in [5.41, 5.74) is 7.24. The summed E-state index contributed by atoms with van der Waals surface area (Å²) in [4.78, 5) is 9.37. The molecule has 2 aromatic rings. The van der Waals surface area contributed by atoms with Gasteiger partial charge < -0.3 is 0 Å². The molecule has 0 amide bonds. The summed E-state index contributed by atoms with van der Waals surface area (Å²) in [5, 5.41) is 10.1. The van der Waals surface area contributed by atoms with Gasteiger partial charge in [-0.05, 0) is 61.8 Å². The highest BCUT2D eigenvalue weighted by molar-refractivity contribution is 5.76. The molecule has 0 aromatic carbocycles. The summed E-state index contributed by atoms with van der Waals surface area (Å²) in [7, 11) is 0. The Morgan fingerprint density at radius 2 is 2.12 bits per heavy atom. The van der Waals surface area contributed by atoms with E-state index in [9.17, 15) is 5.26 Å². The van der Waals surface area contributed by atoms with E-state index in [1.54, 1.807) is 0 Å². The zero-order valence-corrected chi connectivity index (χ0v) is 16.0. The smallest absolute Gasteiger partial charge is 0.102 e. The summed E-state index contributed by atoms with van der Waals surface area (Å²) in [5.74, 6) is 0.632. The molecule has 0 saturated heterocycles. The lowest BCUT2D eigenvalue weighted by Gasteiger charge is -2.30. The van der Waals surface area contributed by atoms with Crippen LogP contribution in [-0.4, -0.2) is 9.97 Å². The van der Waals surface area contributed by atoms with Gasteiger partial charge in [0.2, 0.25) is 0 Å². The number of nitriles is 1. The van der Waals surface area contributed by atoms with E-state index in [1.165, 1.54) is 17.7 Å². The number of pyridine rings is 2. The molecule has 1 aliphatic rings. The van der Waals surface area contributed by atoms with Crippen molar-refractivity contribution in [2.24, 2.45) is 5.92 Å². The van der Waals surface area contributed by atoms with Crippen LogP contribution in [0.5, 0.6) is 0 Å². The van der Waals surface area contributed by atoms with Crippen LogP contribution in [0.2, 0.25) is 0 Å². The molecule has 0 bridgehead atoms. The van der Waals surface area contributed by atoms with Crippen molar-refractivity contribution < 1.29 is 0 Å². The lowest BCUT2D eigenvalue weighted by atomic mass is 9.77. The van der Waals surface area contributed by atoms with Gasteiger partial charge in [0.15, 0.2) is 0 Å². The van der Waals surface area contributed by atoms with Crippen LogP contribution in [0.3, 0.4) is 0 Å². The van der Waals surface area contributed by atoms with Gasteiger partial charge in [0.1, 0.15) is 6.07 Å². The first-order valence-corrected chi connectivity index (χ1v) is 9.26. The van der Waals surface area contributed by atoms with Gasteiger partial charge in [-0.3, -0.25) is 9.97 Å². The van der Waals surface area contributed by atoms with Gasteiger partial charge in [0, 0.05) is 28.6 Å². The van der Waals surface area contributed by atoms with E-state index in [-0.39, 0.29) is 5.41 Å². The lowest BCUT2D eigenvalue weighted by molar-refractivity contribution is 0.468. The molecule has 0 N–H and O–H groups in total. The van der Waals surface area contributed by atoms with Crippen LogP contribution in [0.15, 0.2) is 18.3 Å². The molecule has 3 rings (SSSR count). The van der Waals surface area contributed by atoms with Crippen LogP contribution in [0.25, 0.3) is 11.1 Å². The summed E-state index contributed by atoms with van der Waals surface area (Å²) in [6.45, 7) is 10.8. The normalized spacial score (nSPS) is 17.0. The van der Waals surface area contributed by atoms with E-state index in [2.05, 4.69) is 44.8 Å². The SMILES string of the molecule is CCC(C)(C)c1nc2c(c(-c3ccnc(C)c3)c1C#N)CC(C)CC2. The van der Waals surface area contributed by atoms with E-state index in [0.717, 1.165) is 47.3 Å². The molecule has 0 aliphatic heterocycles. The third-order valence-corrected chi connectivity index (χ3v) is 5.63. The molecule has 0 saturated carbocycles. The maximum Gasteiger partial charge on any atom is 0.102 e. The molecule has 1 aliphatic carbocycles. The van der Waals surface area contributed by atoms with Crippen molar-refractivity contribution in [3.8, 4) is 17.2 Å². The van der Waals surface area contributed by atoms with E-state index in [4.69, 9.17) is 4.98 Å². The number of fused-ring (bicyclic) bond motifs is 1. The van der Waals surface area contributed by atoms with E-state index >= 15 is 0 Å². The summed E-state index contributed by atoms with van der Waals surface area (Å²) in [6, 6.07) is 6.63. The minimum atomic E-state index is -0.111. The molecule has 130 valence electrons. The highest BCUT2D eigenvalue weighted by Gasteiger charge is 2.31. The van der Waals surface area contributed by atoms with Gasteiger partial charge in [-0.15, -0.1) is 0 Å². The average Bonchev–Trinajstić information content (AvgIpc) is 2.59.